The molecule has 0 saturated heterocycles. The van der Waals surface area contributed by atoms with Crippen molar-refractivity contribution in [2.24, 2.45) is 11.7 Å². The molecule has 0 aliphatic carbocycles. The molecule has 0 heterocycles. The number of thioether (sulfide) groups is 1. The predicted molar refractivity (Wildman–Crippen MR) is 78.0 cm³/mol. The molecule has 2 heteroatoms. The highest BCUT2D eigenvalue weighted by Crippen LogP contribution is 2.23. The van der Waals surface area contributed by atoms with Gasteiger partial charge >= 0.3 is 0 Å². The van der Waals surface area contributed by atoms with Gasteiger partial charge in [0.05, 0.1) is 6.54 Å². The van der Waals surface area contributed by atoms with Crippen LogP contribution in [0.25, 0.3) is 0 Å². The van der Waals surface area contributed by atoms with Gasteiger partial charge < -0.3 is 5.73 Å². The standard InChI is InChI=1S/C15H21NS/c1-12(2)13(3)17-11-15-7-4-6-14(10-15)8-5-9-16/h4,6-7,10,12-13H,9,11,16H2,1-3H3. The van der Waals surface area contributed by atoms with E-state index in [0.717, 1.165) is 17.2 Å². The Morgan fingerprint density at radius 3 is 2.71 bits per heavy atom. The fourth-order valence-corrected chi connectivity index (χ4v) is 2.33. The summed E-state index contributed by atoms with van der Waals surface area (Å²) in [6.45, 7) is 7.23. The fraction of sp³-hybridized carbons (Fsp3) is 0.467. The van der Waals surface area contributed by atoms with Crippen molar-refractivity contribution in [3.8, 4) is 11.8 Å². The maximum absolute atomic E-state index is 5.37. The van der Waals surface area contributed by atoms with E-state index in [1.807, 2.05) is 17.8 Å². The summed E-state index contributed by atoms with van der Waals surface area (Å²) in [5.41, 5.74) is 7.77. The summed E-state index contributed by atoms with van der Waals surface area (Å²) in [6.07, 6.45) is 0. The molecule has 0 spiro atoms. The molecular weight excluding hydrogens is 226 g/mol. The molecule has 92 valence electrons. The molecule has 0 aromatic heterocycles. The highest BCUT2D eigenvalue weighted by Gasteiger charge is 2.07. The molecule has 0 radical (unpaired) electrons. The van der Waals surface area contributed by atoms with Gasteiger partial charge in [0.25, 0.3) is 0 Å². The third kappa shape index (κ3) is 5.30. The first-order valence-corrected chi connectivity index (χ1v) is 7.08. The van der Waals surface area contributed by atoms with Crippen molar-refractivity contribution in [1.82, 2.24) is 0 Å². The lowest BCUT2D eigenvalue weighted by molar-refractivity contribution is 0.642. The predicted octanol–water partition coefficient (Wildman–Crippen LogP) is 3.27. The quantitative estimate of drug-likeness (QED) is 0.826. The molecule has 1 nitrogen and oxygen atoms in total. The number of hydrogen-bond acceptors (Lipinski definition) is 2. The third-order valence-corrected chi connectivity index (χ3v) is 4.28. The Hall–Kier alpha value is -0.910. The Morgan fingerprint density at radius 1 is 1.29 bits per heavy atom. The molecule has 1 atom stereocenters. The minimum absolute atomic E-state index is 0.420. The molecule has 0 aliphatic rings. The topological polar surface area (TPSA) is 26.0 Å². The lowest BCUT2D eigenvalue weighted by atomic mass is 10.1. The zero-order valence-electron chi connectivity index (χ0n) is 10.9. The van der Waals surface area contributed by atoms with Crippen molar-refractivity contribution in [2.45, 2.75) is 31.8 Å². The summed E-state index contributed by atoms with van der Waals surface area (Å²) in [5.74, 6) is 7.73. The monoisotopic (exact) mass is 247 g/mol. The Bertz CT molecular complexity index is 401. The van der Waals surface area contributed by atoms with Crippen LogP contribution < -0.4 is 5.73 Å². The van der Waals surface area contributed by atoms with Gasteiger partial charge in [-0.2, -0.15) is 11.8 Å². The van der Waals surface area contributed by atoms with E-state index < -0.39 is 0 Å². The number of hydrogen-bond donors (Lipinski definition) is 1. The van der Waals surface area contributed by atoms with Crippen molar-refractivity contribution in [3.05, 3.63) is 35.4 Å². The van der Waals surface area contributed by atoms with Crippen LogP contribution in [0, 0.1) is 17.8 Å². The fourth-order valence-electron chi connectivity index (χ4n) is 1.31. The van der Waals surface area contributed by atoms with Crippen molar-refractivity contribution >= 4 is 11.8 Å². The summed E-state index contributed by atoms with van der Waals surface area (Å²) in [5, 5.41) is 0.689. The minimum Gasteiger partial charge on any atom is -0.320 e. The lowest BCUT2D eigenvalue weighted by Crippen LogP contribution is -2.05. The van der Waals surface area contributed by atoms with E-state index in [0.29, 0.717) is 11.8 Å². The maximum Gasteiger partial charge on any atom is 0.0555 e. The van der Waals surface area contributed by atoms with E-state index in [1.165, 1.54) is 5.56 Å². The van der Waals surface area contributed by atoms with E-state index in [9.17, 15) is 0 Å². The molecule has 1 aromatic carbocycles. The van der Waals surface area contributed by atoms with Crippen LogP contribution in [0.4, 0.5) is 0 Å². The van der Waals surface area contributed by atoms with Crippen molar-refractivity contribution in [3.63, 3.8) is 0 Å². The minimum atomic E-state index is 0.420. The zero-order valence-corrected chi connectivity index (χ0v) is 11.7. The van der Waals surface area contributed by atoms with Crippen molar-refractivity contribution in [2.75, 3.05) is 6.54 Å². The highest BCUT2D eigenvalue weighted by molar-refractivity contribution is 7.99. The molecule has 17 heavy (non-hydrogen) atoms. The molecular formula is C15H21NS. The zero-order chi connectivity index (χ0) is 12.7. The normalized spacial score (nSPS) is 12.1. The van der Waals surface area contributed by atoms with Gasteiger partial charge in [0.2, 0.25) is 0 Å². The second kappa shape index (κ2) is 7.42. The first-order chi connectivity index (χ1) is 8.13. The van der Waals surface area contributed by atoms with Gasteiger partial charge in [-0.25, -0.2) is 0 Å². The highest BCUT2D eigenvalue weighted by atomic mass is 32.2. The van der Waals surface area contributed by atoms with Crippen LogP contribution in [0.2, 0.25) is 0 Å². The Labute approximate surface area is 109 Å². The van der Waals surface area contributed by atoms with Crippen LogP contribution in [-0.4, -0.2) is 11.8 Å². The van der Waals surface area contributed by atoms with Crippen molar-refractivity contribution in [1.29, 1.82) is 0 Å². The van der Waals surface area contributed by atoms with Gasteiger partial charge in [-0.15, -0.1) is 0 Å². The number of nitrogens with two attached hydrogens (primary N) is 1. The summed E-state index contributed by atoms with van der Waals surface area (Å²) in [7, 11) is 0. The van der Waals surface area contributed by atoms with Gasteiger partial charge in [-0.05, 0) is 23.6 Å². The Kier molecular flexibility index (Phi) is 6.18. The molecule has 0 aliphatic heterocycles. The lowest BCUT2D eigenvalue weighted by Gasteiger charge is -2.14. The van der Waals surface area contributed by atoms with Crippen LogP contribution in [0.1, 0.15) is 31.9 Å². The van der Waals surface area contributed by atoms with E-state index in [-0.39, 0.29) is 0 Å². The average molecular weight is 247 g/mol. The summed E-state index contributed by atoms with van der Waals surface area (Å²) < 4.78 is 0. The molecule has 0 bridgehead atoms. The van der Waals surface area contributed by atoms with E-state index in [2.05, 4.69) is 50.8 Å². The first-order valence-electron chi connectivity index (χ1n) is 6.03. The summed E-state index contributed by atoms with van der Waals surface area (Å²) in [6, 6.07) is 8.41. The van der Waals surface area contributed by atoms with Crippen LogP contribution >= 0.6 is 11.8 Å². The molecule has 0 saturated carbocycles. The van der Waals surface area contributed by atoms with Crippen LogP contribution in [0.5, 0.6) is 0 Å². The van der Waals surface area contributed by atoms with Gasteiger partial charge in [-0.1, -0.05) is 44.7 Å². The summed E-state index contributed by atoms with van der Waals surface area (Å²) >= 11 is 2.00. The van der Waals surface area contributed by atoms with Gasteiger partial charge in [0.15, 0.2) is 0 Å². The molecule has 0 amide bonds. The Morgan fingerprint density at radius 2 is 2.06 bits per heavy atom. The SMILES string of the molecule is CC(C)C(C)SCc1cccc(C#CCN)c1. The van der Waals surface area contributed by atoms with Gasteiger partial charge in [0.1, 0.15) is 0 Å². The summed E-state index contributed by atoms with van der Waals surface area (Å²) in [4.78, 5) is 0. The molecule has 1 aromatic rings. The maximum atomic E-state index is 5.37. The molecule has 1 unspecified atom stereocenters. The molecule has 1 rings (SSSR count). The smallest absolute Gasteiger partial charge is 0.0555 e. The largest absolute Gasteiger partial charge is 0.320 e. The average Bonchev–Trinajstić information content (AvgIpc) is 2.33. The van der Waals surface area contributed by atoms with Gasteiger partial charge in [0, 0.05) is 16.6 Å². The van der Waals surface area contributed by atoms with E-state index >= 15 is 0 Å². The second-order valence-electron chi connectivity index (χ2n) is 4.47. The number of rotatable bonds is 4. The number of benzene rings is 1. The van der Waals surface area contributed by atoms with Crippen LogP contribution in [-0.2, 0) is 5.75 Å². The first kappa shape index (κ1) is 14.2. The van der Waals surface area contributed by atoms with E-state index in [4.69, 9.17) is 5.73 Å². The van der Waals surface area contributed by atoms with Crippen LogP contribution in [0.15, 0.2) is 24.3 Å². The Balaban J connectivity index is 2.60. The molecule has 2 N–H and O–H groups in total. The van der Waals surface area contributed by atoms with Crippen molar-refractivity contribution < 1.29 is 0 Å². The molecule has 0 fully saturated rings. The third-order valence-electron chi connectivity index (χ3n) is 2.71. The van der Waals surface area contributed by atoms with Gasteiger partial charge in [-0.3, -0.25) is 0 Å². The van der Waals surface area contributed by atoms with E-state index in [1.54, 1.807) is 0 Å². The second-order valence-corrected chi connectivity index (χ2v) is 5.83. The van der Waals surface area contributed by atoms with Crippen LogP contribution in [0.3, 0.4) is 0 Å².